The summed E-state index contributed by atoms with van der Waals surface area (Å²) < 4.78 is 7.13. The van der Waals surface area contributed by atoms with Crippen LogP contribution in [0.5, 0.6) is 0 Å². The fourth-order valence-electron chi connectivity index (χ4n) is 3.23. The number of allylic oxidation sites excluding steroid dienone is 1. The number of hydrogen-bond donors (Lipinski definition) is 2. The molecule has 0 heterocycles. The Bertz CT molecular complexity index is 442. The van der Waals surface area contributed by atoms with E-state index < -0.39 is 37.5 Å². The van der Waals surface area contributed by atoms with Gasteiger partial charge in [-0.25, -0.2) is 0 Å². The second-order valence-electron chi connectivity index (χ2n) is 7.28. The number of amides is 2. The second-order valence-corrected chi connectivity index (χ2v) is 7.28. The van der Waals surface area contributed by atoms with Crippen LogP contribution in [0.3, 0.4) is 0 Å². The maximum absolute atomic E-state index is 11.7. The van der Waals surface area contributed by atoms with Crippen LogP contribution in [-0.2, 0) is 9.59 Å². The van der Waals surface area contributed by atoms with E-state index in [9.17, 15) is 19.8 Å². The van der Waals surface area contributed by atoms with E-state index in [0.29, 0.717) is 0 Å². The zero-order chi connectivity index (χ0) is 21.2. The molecule has 0 radical (unpaired) electrons. The maximum Gasteiger partial charge on any atom is 0.226 e. The highest BCUT2D eigenvalue weighted by Gasteiger charge is 2.28. The largest absolute Gasteiger partial charge is 0.394 e. The van der Waals surface area contributed by atoms with Crippen molar-refractivity contribution in [2.45, 2.75) is 110 Å². The van der Waals surface area contributed by atoms with Crippen molar-refractivity contribution in [2.75, 3.05) is 6.61 Å². The monoisotopic (exact) mass is 384 g/mol. The number of imide groups is 1. The van der Waals surface area contributed by atoms with E-state index in [4.69, 9.17) is 1.37 Å². The molecule has 0 fully saturated rings. The van der Waals surface area contributed by atoms with Gasteiger partial charge in [0.05, 0.1) is 18.8 Å². The third-order valence-corrected chi connectivity index (χ3v) is 4.83. The Balaban J connectivity index is 3.95. The Hall–Kier alpha value is -1.20. The SMILES string of the molecule is [2H]CC(=O)N(C(C)=O)[C@@H](CO)[C@H](O)/C=C/CCCCCCCCCCCCC. The average molecular weight is 385 g/mol. The highest BCUT2D eigenvalue weighted by atomic mass is 16.3. The van der Waals surface area contributed by atoms with E-state index in [1.165, 1.54) is 70.8 Å². The molecule has 0 spiro atoms. The molecule has 0 aromatic rings. The van der Waals surface area contributed by atoms with E-state index in [1.54, 1.807) is 0 Å². The molecule has 2 atom stereocenters. The summed E-state index contributed by atoms with van der Waals surface area (Å²) in [5.41, 5.74) is 0. The van der Waals surface area contributed by atoms with Crippen molar-refractivity contribution in [1.29, 1.82) is 0 Å². The number of aliphatic hydroxyl groups is 2. The topological polar surface area (TPSA) is 77.8 Å². The standard InChI is InChI=1S/C22H41NO4/c1-4-5-6-7-8-9-10-11-12-13-14-15-16-17-22(27)21(18-24)23(19(2)25)20(3)26/h16-17,21-22,24,27H,4-15,18H2,1-3H3/b17-16+/t21-,22+/m0/s1/i2D. The molecule has 0 aromatic carbocycles. The first-order valence-electron chi connectivity index (χ1n) is 11.3. The molecule has 0 rings (SSSR count). The van der Waals surface area contributed by atoms with Gasteiger partial charge < -0.3 is 10.2 Å². The fourth-order valence-corrected chi connectivity index (χ4v) is 3.23. The average Bonchev–Trinajstić information content (AvgIpc) is 2.68. The normalized spacial score (nSPS) is 14.1. The third-order valence-electron chi connectivity index (χ3n) is 4.83. The molecule has 0 bridgehead atoms. The summed E-state index contributed by atoms with van der Waals surface area (Å²) >= 11 is 0. The lowest BCUT2D eigenvalue weighted by atomic mass is 10.0. The number of nitrogens with zero attached hydrogens (tertiary/aromatic N) is 1. The lowest BCUT2D eigenvalue weighted by molar-refractivity contribution is -0.148. The van der Waals surface area contributed by atoms with Crippen LogP contribution in [0, 0.1) is 0 Å². The van der Waals surface area contributed by atoms with Crippen molar-refractivity contribution in [3.05, 3.63) is 12.2 Å². The minimum atomic E-state index is -1.13. The molecule has 5 nitrogen and oxygen atoms in total. The van der Waals surface area contributed by atoms with Gasteiger partial charge in [-0.15, -0.1) is 0 Å². The molecule has 0 aromatic heterocycles. The quantitative estimate of drug-likeness (QED) is 0.306. The summed E-state index contributed by atoms with van der Waals surface area (Å²) in [5, 5.41) is 19.7. The lowest BCUT2D eigenvalue weighted by Gasteiger charge is -2.29. The molecule has 27 heavy (non-hydrogen) atoms. The molecule has 158 valence electrons. The van der Waals surface area contributed by atoms with E-state index in [-0.39, 0.29) is 0 Å². The minimum absolute atomic E-state index is 0.532. The third kappa shape index (κ3) is 12.7. The van der Waals surface area contributed by atoms with E-state index in [1.807, 2.05) is 6.08 Å². The zero-order valence-corrected chi connectivity index (χ0v) is 17.4. The van der Waals surface area contributed by atoms with Gasteiger partial charge in [-0.2, -0.15) is 0 Å². The Morgan fingerprint density at radius 1 is 0.963 bits per heavy atom. The van der Waals surface area contributed by atoms with Gasteiger partial charge in [-0.1, -0.05) is 83.3 Å². The van der Waals surface area contributed by atoms with Gasteiger partial charge in [-0.3, -0.25) is 14.5 Å². The molecule has 0 aliphatic rings. The van der Waals surface area contributed by atoms with Crippen LogP contribution in [-0.4, -0.2) is 45.7 Å². The first kappa shape index (κ1) is 23.8. The summed E-state index contributed by atoms with van der Waals surface area (Å²) in [4.78, 5) is 24.1. The highest BCUT2D eigenvalue weighted by Crippen LogP contribution is 2.13. The van der Waals surface area contributed by atoms with E-state index in [2.05, 4.69) is 6.92 Å². The first-order chi connectivity index (χ1) is 13.5. The number of carbonyl (C=O) groups is 2. The van der Waals surface area contributed by atoms with Gasteiger partial charge in [0.25, 0.3) is 0 Å². The predicted molar refractivity (Wildman–Crippen MR) is 110 cm³/mol. The zero-order valence-electron chi connectivity index (χ0n) is 18.4. The first-order valence-corrected chi connectivity index (χ1v) is 10.6. The molecule has 0 saturated heterocycles. The van der Waals surface area contributed by atoms with Crippen molar-refractivity contribution < 1.29 is 21.2 Å². The van der Waals surface area contributed by atoms with E-state index in [0.717, 1.165) is 24.2 Å². The number of hydrogen-bond acceptors (Lipinski definition) is 4. The summed E-state index contributed by atoms with van der Waals surface area (Å²) in [5.74, 6) is -1.29. The van der Waals surface area contributed by atoms with Crippen LogP contribution in [0.1, 0.15) is 99.2 Å². The molecular formula is C22H41NO4. The van der Waals surface area contributed by atoms with Gasteiger partial charge in [0.2, 0.25) is 11.8 Å². The van der Waals surface area contributed by atoms with Crippen molar-refractivity contribution in [3.63, 3.8) is 0 Å². The van der Waals surface area contributed by atoms with Crippen molar-refractivity contribution >= 4 is 11.8 Å². The molecule has 0 unspecified atom stereocenters. The Kier molecular flexibility index (Phi) is 15.0. The summed E-state index contributed by atoms with van der Waals surface area (Å²) in [6.45, 7) is 2.31. The van der Waals surface area contributed by atoms with Crippen LogP contribution in [0.2, 0.25) is 0 Å². The molecular weight excluding hydrogens is 342 g/mol. The summed E-state index contributed by atoms with van der Waals surface area (Å²) in [6.07, 6.45) is 17.1. The Morgan fingerprint density at radius 3 is 1.93 bits per heavy atom. The molecule has 0 aliphatic carbocycles. The van der Waals surface area contributed by atoms with Crippen LogP contribution in [0.25, 0.3) is 0 Å². The minimum Gasteiger partial charge on any atom is -0.394 e. The Morgan fingerprint density at radius 2 is 1.48 bits per heavy atom. The summed E-state index contributed by atoms with van der Waals surface area (Å²) in [6, 6.07) is -1.04. The summed E-state index contributed by atoms with van der Waals surface area (Å²) in [7, 11) is 0. The Labute approximate surface area is 167 Å². The van der Waals surface area contributed by atoms with Gasteiger partial charge >= 0.3 is 0 Å². The van der Waals surface area contributed by atoms with Crippen LogP contribution in [0.15, 0.2) is 12.2 Å². The van der Waals surface area contributed by atoms with Gasteiger partial charge in [0.15, 0.2) is 0 Å². The number of carbonyl (C=O) groups excluding carboxylic acids is 2. The van der Waals surface area contributed by atoms with E-state index >= 15 is 0 Å². The van der Waals surface area contributed by atoms with Crippen molar-refractivity contribution in [1.82, 2.24) is 4.90 Å². The van der Waals surface area contributed by atoms with Crippen LogP contribution >= 0.6 is 0 Å². The van der Waals surface area contributed by atoms with Gasteiger partial charge in [-0.05, 0) is 12.8 Å². The molecule has 5 heteroatoms. The van der Waals surface area contributed by atoms with Crippen molar-refractivity contribution in [3.8, 4) is 0 Å². The van der Waals surface area contributed by atoms with Crippen molar-refractivity contribution in [2.24, 2.45) is 0 Å². The smallest absolute Gasteiger partial charge is 0.226 e. The number of unbranched alkanes of at least 4 members (excludes halogenated alkanes) is 11. The predicted octanol–water partition coefficient (Wildman–Crippen LogP) is 4.36. The van der Waals surface area contributed by atoms with Gasteiger partial charge in [0.1, 0.15) is 0 Å². The van der Waals surface area contributed by atoms with Gasteiger partial charge in [0, 0.05) is 15.2 Å². The maximum atomic E-state index is 11.7. The second kappa shape index (κ2) is 16.9. The van der Waals surface area contributed by atoms with Crippen LogP contribution < -0.4 is 0 Å². The lowest BCUT2D eigenvalue weighted by Crippen LogP contribution is -2.50. The molecule has 2 N–H and O–H groups in total. The fraction of sp³-hybridized carbons (Fsp3) is 0.818. The van der Waals surface area contributed by atoms with Crippen LogP contribution in [0.4, 0.5) is 0 Å². The molecule has 2 amide bonds. The molecule has 0 saturated carbocycles. The highest BCUT2D eigenvalue weighted by molar-refractivity contribution is 5.93. The molecule has 0 aliphatic heterocycles. The number of rotatable bonds is 16. The number of aliphatic hydroxyl groups excluding tert-OH is 2.